The Kier molecular flexibility index (Phi) is 4.87. The lowest BCUT2D eigenvalue weighted by atomic mass is 9.97. The molecular weight excluding hydrogens is 246 g/mol. The van der Waals surface area contributed by atoms with Gasteiger partial charge in [0.1, 0.15) is 11.3 Å². The van der Waals surface area contributed by atoms with Crippen molar-refractivity contribution >= 4 is 11.0 Å². The van der Waals surface area contributed by atoms with Gasteiger partial charge >= 0.3 is 0 Å². The summed E-state index contributed by atoms with van der Waals surface area (Å²) in [5.41, 5.74) is 5.02. The van der Waals surface area contributed by atoms with Crippen LogP contribution in [0.5, 0.6) is 0 Å². The van der Waals surface area contributed by atoms with E-state index in [0.29, 0.717) is 5.92 Å². The third-order valence-electron chi connectivity index (χ3n) is 3.63. The maximum absolute atomic E-state index is 6.17. The first-order valence-electron chi connectivity index (χ1n) is 7.75. The van der Waals surface area contributed by atoms with E-state index in [1.165, 1.54) is 22.1 Å². The first-order valence-corrected chi connectivity index (χ1v) is 7.75. The van der Waals surface area contributed by atoms with Gasteiger partial charge in [-0.1, -0.05) is 26.8 Å². The highest BCUT2D eigenvalue weighted by molar-refractivity contribution is 5.85. The Bertz CT molecular complexity index is 581. The second-order valence-electron chi connectivity index (χ2n) is 6.24. The summed E-state index contributed by atoms with van der Waals surface area (Å²) in [7, 11) is 0. The van der Waals surface area contributed by atoms with Gasteiger partial charge < -0.3 is 9.73 Å². The third-order valence-corrected chi connectivity index (χ3v) is 3.63. The van der Waals surface area contributed by atoms with Crippen molar-refractivity contribution in [2.75, 3.05) is 6.54 Å². The molecule has 0 unspecified atom stereocenters. The second-order valence-corrected chi connectivity index (χ2v) is 6.24. The van der Waals surface area contributed by atoms with Gasteiger partial charge in [-0.15, -0.1) is 0 Å². The normalized spacial score (nSPS) is 11.7. The van der Waals surface area contributed by atoms with E-state index in [0.717, 1.165) is 37.3 Å². The Morgan fingerprint density at radius 3 is 2.60 bits per heavy atom. The molecule has 0 bridgehead atoms. The molecule has 0 aliphatic heterocycles. The predicted molar refractivity (Wildman–Crippen MR) is 86.2 cm³/mol. The number of benzene rings is 1. The highest BCUT2D eigenvalue weighted by atomic mass is 16.3. The van der Waals surface area contributed by atoms with E-state index in [9.17, 15) is 0 Å². The number of rotatable bonds is 6. The van der Waals surface area contributed by atoms with E-state index in [1.807, 2.05) is 0 Å². The molecule has 0 saturated carbocycles. The number of furan rings is 1. The molecule has 1 aromatic heterocycles. The van der Waals surface area contributed by atoms with Crippen molar-refractivity contribution in [1.29, 1.82) is 0 Å². The molecule has 2 rings (SSSR count). The fraction of sp³-hybridized carbons (Fsp3) is 0.556. The minimum absolute atomic E-state index is 0.640. The van der Waals surface area contributed by atoms with E-state index < -0.39 is 0 Å². The van der Waals surface area contributed by atoms with Crippen LogP contribution in [0.1, 0.15) is 49.6 Å². The van der Waals surface area contributed by atoms with Crippen LogP contribution in [0.4, 0.5) is 0 Å². The zero-order valence-corrected chi connectivity index (χ0v) is 13.5. The highest BCUT2D eigenvalue weighted by Gasteiger charge is 2.16. The number of hydrogen-bond donors (Lipinski definition) is 1. The quantitative estimate of drug-likeness (QED) is 0.768. The lowest BCUT2D eigenvalue weighted by molar-refractivity contribution is 0.500. The summed E-state index contributed by atoms with van der Waals surface area (Å²) in [5, 5.41) is 4.78. The Labute approximate surface area is 122 Å². The van der Waals surface area contributed by atoms with Crippen LogP contribution >= 0.6 is 0 Å². The van der Waals surface area contributed by atoms with E-state index in [1.54, 1.807) is 0 Å². The van der Waals surface area contributed by atoms with Gasteiger partial charge in [0.2, 0.25) is 0 Å². The molecule has 1 heterocycles. The van der Waals surface area contributed by atoms with Crippen LogP contribution in [0, 0.1) is 19.8 Å². The molecule has 0 atom stereocenters. The average Bonchev–Trinajstić information content (AvgIpc) is 2.68. The summed E-state index contributed by atoms with van der Waals surface area (Å²) >= 11 is 0. The van der Waals surface area contributed by atoms with Crippen molar-refractivity contribution in [2.24, 2.45) is 5.92 Å². The summed E-state index contributed by atoms with van der Waals surface area (Å²) in [6.07, 6.45) is 2.23. The molecule has 0 saturated heterocycles. The molecule has 0 fully saturated rings. The van der Waals surface area contributed by atoms with Crippen molar-refractivity contribution in [3.8, 4) is 0 Å². The maximum Gasteiger partial charge on any atom is 0.137 e. The third kappa shape index (κ3) is 3.24. The Hall–Kier alpha value is -1.28. The predicted octanol–water partition coefficient (Wildman–Crippen LogP) is 4.75. The molecule has 0 aliphatic carbocycles. The standard InChI is InChI=1S/C18H27NO/c1-6-7-19-11-17-15(8-12(2)3)16-10-13(4)9-14(5)18(16)20-17/h9-10,12,19H,6-8,11H2,1-5H3. The summed E-state index contributed by atoms with van der Waals surface area (Å²) in [6, 6.07) is 4.47. The molecule has 0 amide bonds. The number of fused-ring (bicyclic) bond motifs is 1. The Balaban J connectivity index is 2.46. The minimum Gasteiger partial charge on any atom is -0.459 e. The van der Waals surface area contributed by atoms with Gasteiger partial charge in [0, 0.05) is 10.9 Å². The first kappa shape index (κ1) is 15.1. The average molecular weight is 273 g/mol. The van der Waals surface area contributed by atoms with Crippen LogP contribution in [0.15, 0.2) is 16.5 Å². The number of hydrogen-bond acceptors (Lipinski definition) is 2. The van der Waals surface area contributed by atoms with Gasteiger partial charge in [0.05, 0.1) is 6.54 Å². The van der Waals surface area contributed by atoms with Crippen LogP contribution in [-0.2, 0) is 13.0 Å². The van der Waals surface area contributed by atoms with E-state index >= 15 is 0 Å². The Morgan fingerprint density at radius 1 is 1.20 bits per heavy atom. The highest BCUT2D eigenvalue weighted by Crippen LogP contribution is 2.31. The van der Waals surface area contributed by atoms with Gasteiger partial charge in [-0.05, 0) is 56.3 Å². The fourth-order valence-corrected chi connectivity index (χ4v) is 2.80. The lowest BCUT2D eigenvalue weighted by Gasteiger charge is -2.07. The molecule has 1 N–H and O–H groups in total. The summed E-state index contributed by atoms with van der Waals surface area (Å²) in [4.78, 5) is 0. The van der Waals surface area contributed by atoms with Crippen LogP contribution in [0.25, 0.3) is 11.0 Å². The van der Waals surface area contributed by atoms with Gasteiger partial charge in [0.25, 0.3) is 0 Å². The van der Waals surface area contributed by atoms with Crippen molar-refractivity contribution in [3.63, 3.8) is 0 Å². The van der Waals surface area contributed by atoms with Gasteiger partial charge in [-0.2, -0.15) is 0 Å². The maximum atomic E-state index is 6.17. The molecule has 20 heavy (non-hydrogen) atoms. The fourth-order valence-electron chi connectivity index (χ4n) is 2.80. The van der Waals surface area contributed by atoms with Crippen molar-refractivity contribution in [3.05, 3.63) is 34.6 Å². The molecule has 0 aliphatic rings. The molecule has 1 aromatic carbocycles. The summed E-state index contributed by atoms with van der Waals surface area (Å²) in [5.74, 6) is 1.76. The van der Waals surface area contributed by atoms with Gasteiger partial charge in [0.15, 0.2) is 0 Å². The monoisotopic (exact) mass is 273 g/mol. The molecule has 2 nitrogen and oxygen atoms in total. The minimum atomic E-state index is 0.640. The van der Waals surface area contributed by atoms with Gasteiger partial charge in [-0.3, -0.25) is 0 Å². The van der Waals surface area contributed by atoms with E-state index in [2.05, 4.69) is 52.1 Å². The van der Waals surface area contributed by atoms with E-state index in [4.69, 9.17) is 4.42 Å². The largest absolute Gasteiger partial charge is 0.459 e. The molecule has 2 heteroatoms. The zero-order chi connectivity index (χ0) is 14.7. The SMILES string of the molecule is CCCNCc1oc2c(C)cc(C)cc2c1CC(C)C. The molecule has 0 spiro atoms. The van der Waals surface area contributed by atoms with Crippen LogP contribution < -0.4 is 5.32 Å². The molecule has 2 aromatic rings. The molecule has 110 valence electrons. The zero-order valence-electron chi connectivity index (χ0n) is 13.5. The molecular formula is C18H27NO. The second kappa shape index (κ2) is 6.45. The first-order chi connectivity index (χ1) is 9.52. The number of nitrogens with one attached hydrogen (secondary N) is 1. The van der Waals surface area contributed by atoms with E-state index in [-0.39, 0.29) is 0 Å². The summed E-state index contributed by atoms with van der Waals surface area (Å²) in [6.45, 7) is 12.9. The number of aryl methyl sites for hydroxylation is 2. The van der Waals surface area contributed by atoms with Crippen molar-refractivity contribution < 1.29 is 4.42 Å². The van der Waals surface area contributed by atoms with Crippen LogP contribution in [0.2, 0.25) is 0 Å². The molecule has 0 radical (unpaired) electrons. The topological polar surface area (TPSA) is 25.2 Å². The Morgan fingerprint density at radius 2 is 1.95 bits per heavy atom. The van der Waals surface area contributed by atoms with Crippen molar-refractivity contribution in [1.82, 2.24) is 5.32 Å². The van der Waals surface area contributed by atoms with Crippen molar-refractivity contribution in [2.45, 2.75) is 54.0 Å². The lowest BCUT2D eigenvalue weighted by Crippen LogP contribution is -2.14. The smallest absolute Gasteiger partial charge is 0.137 e. The van der Waals surface area contributed by atoms with Crippen LogP contribution in [-0.4, -0.2) is 6.54 Å². The summed E-state index contributed by atoms with van der Waals surface area (Å²) < 4.78 is 6.17. The van der Waals surface area contributed by atoms with Gasteiger partial charge in [-0.25, -0.2) is 0 Å². The van der Waals surface area contributed by atoms with Crippen LogP contribution in [0.3, 0.4) is 0 Å².